The highest BCUT2D eigenvalue weighted by molar-refractivity contribution is 5.60. The predicted molar refractivity (Wildman–Crippen MR) is 100 cm³/mol. The van der Waals surface area contributed by atoms with Gasteiger partial charge in [0.15, 0.2) is 11.5 Å². The molecule has 1 saturated carbocycles. The quantitative estimate of drug-likeness (QED) is 0.705. The topological polar surface area (TPSA) is 58.8 Å². The summed E-state index contributed by atoms with van der Waals surface area (Å²) >= 11 is 0. The molecule has 0 spiro atoms. The Morgan fingerprint density at radius 3 is 2.52 bits per heavy atom. The summed E-state index contributed by atoms with van der Waals surface area (Å²) in [7, 11) is 1.57. The molecule has 0 amide bonds. The lowest BCUT2D eigenvalue weighted by Crippen LogP contribution is -2.47. The second kappa shape index (κ2) is 6.37. The minimum absolute atomic E-state index is 0.285. The van der Waals surface area contributed by atoms with Gasteiger partial charge in [-0.05, 0) is 37.1 Å². The molecule has 1 saturated heterocycles. The van der Waals surface area contributed by atoms with Gasteiger partial charge >= 0.3 is 0 Å². The van der Waals surface area contributed by atoms with Crippen molar-refractivity contribution in [2.24, 2.45) is 0 Å². The van der Waals surface area contributed by atoms with E-state index in [4.69, 9.17) is 9.84 Å². The lowest BCUT2D eigenvalue weighted by atomic mass is 10.2. The van der Waals surface area contributed by atoms with Crippen LogP contribution in [0.15, 0.2) is 30.3 Å². The largest absolute Gasteiger partial charge is 0.494 e. The van der Waals surface area contributed by atoms with E-state index in [0.29, 0.717) is 11.7 Å². The second-order valence-corrected chi connectivity index (χ2v) is 7.08. The molecule has 140 valence electrons. The number of halogens is 1. The van der Waals surface area contributed by atoms with E-state index in [0.717, 1.165) is 49.2 Å². The van der Waals surface area contributed by atoms with Crippen LogP contribution < -0.4 is 14.5 Å². The van der Waals surface area contributed by atoms with Crippen LogP contribution >= 0.6 is 0 Å². The molecule has 0 bridgehead atoms. The summed E-state index contributed by atoms with van der Waals surface area (Å²) in [4.78, 5) is 4.49. The number of fused-ring (bicyclic) bond motifs is 1. The molecular weight excluding hydrogens is 347 g/mol. The molecule has 8 heteroatoms. The van der Waals surface area contributed by atoms with Gasteiger partial charge in [0.05, 0.1) is 12.8 Å². The highest BCUT2D eigenvalue weighted by Gasteiger charge is 2.29. The average Bonchev–Trinajstić information content (AvgIpc) is 3.46. The van der Waals surface area contributed by atoms with Gasteiger partial charge in [0.25, 0.3) is 0 Å². The van der Waals surface area contributed by atoms with E-state index in [9.17, 15) is 4.39 Å². The fourth-order valence-electron chi connectivity index (χ4n) is 3.65. The molecule has 7 nitrogen and oxygen atoms in total. The molecule has 1 aliphatic heterocycles. The average molecular weight is 368 g/mol. The van der Waals surface area contributed by atoms with Crippen molar-refractivity contribution >= 4 is 17.2 Å². The molecule has 3 aromatic rings. The van der Waals surface area contributed by atoms with Crippen LogP contribution in [-0.4, -0.2) is 53.1 Å². The van der Waals surface area contributed by atoms with Crippen LogP contribution in [0.5, 0.6) is 5.75 Å². The van der Waals surface area contributed by atoms with Gasteiger partial charge < -0.3 is 14.5 Å². The zero-order valence-electron chi connectivity index (χ0n) is 15.2. The van der Waals surface area contributed by atoms with Crippen molar-refractivity contribution in [3.8, 4) is 5.75 Å². The maximum absolute atomic E-state index is 13.5. The van der Waals surface area contributed by atoms with E-state index in [2.05, 4.69) is 20.0 Å². The van der Waals surface area contributed by atoms with Gasteiger partial charge in [-0.2, -0.15) is 4.52 Å². The summed E-state index contributed by atoms with van der Waals surface area (Å²) in [5.41, 5.74) is 1.73. The number of methoxy groups -OCH3 is 1. The van der Waals surface area contributed by atoms with Crippen molar-refractivity contribution in [2.75, 3.05) is 43.1 Å². The Morgan fingerprint density at radius 2 is 1.78 bits per heavy atom. The van der Waals surface area contributed by atoms with E-state index in [-0.39, 0.29) is 5.82 Å². The molecule has 1 aliphatic carbocycles. The lowest BCUT2D eigenvalue weighted by molar-refractivity contribution is 0.410. The zero-order chi connectivity index (χ0) is 18.4. The maximum atomic E-state index is 13.5. The van der Waals surface area contributed by atoms with Crippen LogP contribution in [0.2, 0.25) is 0 Å². The van der Waals surface area contributed by atoms with Gasteiger partial charge in [-0.1, -0.05) is 0 Å². The van der Waals surface area contributed by atoms with Crippen molar-refractivity contribution in [3.05, 3.63) is 42.0 Å². The van der Waals surface area contributed by atoms with Gasteiger partial charge in [0, 0.05) is 38.2 Å². The molecule has 0 atom stereocenters. The summed E-state index contributed by atoms with van der Waals surface area (Å²) < 4.78 is 20.7. The number of anilines is 2. The van der Waals surface area contributed by atoms with Gasteiger partial charge in [-0.25, -0.2) is 4.39 Å². The first kappa shape index (κ1) is 16.3. The normalized spacial score (nSPS) is 17.6. The number of benzene rings is 1. The maximum Gasteiger partial charge on any atom is 0.178 e. The summed E-state index contributed by atoms with van der Waals surface area (Å²) in [5.74, 6) is 2.70. The Labute approximate surface area is 156 Å². The summed E-state index contributed by atoms with van der Waals surface area (Å²) in [5, 5.41) is 13.3. The Kier molecular flexibility index (Phi) is 3.84. The zero-order valence-corrected chi connectivity index (χ0v) is 15.2. The van der Waals surface area contributed by atoms with Crippen LogP contribution in [-0.2, 0) is 0 Å². The van der Waals surface area contributed by atoms with Crippen LogP contribution in [0.3, 0.4) is 0 Å². The molecule has 5 rings (SSSR count). The summed E-state index contributed by atoms with van der Waals surface area (Å²) in [6.07, 6.45) is 2.34. The van der Waals surface area contributed by atoms with E-state index in [1.807, 2.05) is 16.6 Å². The van der Waals surface area contributed by atoms with Crippen LogP contribution in [0.1, 0.15) is 24.6 Å². The van der Waals surface area contributed by atoms with Crippen LogP contribution in [0, 0.1) is 5.82 Å². The molecule has 3 heterocycles. The third-order valence-corrected chi connectivity index (χ3v) is 5.30. The summed E-state index contributed by atoms with van der Waals surface area (Å²) in [6.45, 7) is 3.30. The highest BCUT2D eigenvalue weighted by Crippen LogP contribution is 2.38. The fourth-order valence-corrected chi connectivity index (χ4v) is 3.65. The Morgan fingerprint density at radius 1 is 1.00 bits per heavy atom. The Hall–Kier alpha value is -2.90. The van der Waals surface area contributed by atoms with Gasteiger partial charge in [-0.3, -0.25) is 0 Å². The number of hydrogen-bond acceptors (Lipinski definition) is 6. The lowest BCUT2D eigenvalue weighted by Gasteiger charge is -2.37. The third kappa shape index (κ3) is 2.94. The summed E-state index contributed by atoms with van der Waals surface area (Å²) in [6, 6.07) is 8.69. The van der Waals surface area contributed by atoms with E-state index in [1.54, 1.807) is 13.2 Å². The molecule has 1 aromatic carbocycles. The van der Waals surface area contributed by atoms with Crippen LogP contribution in [0.25, 0.3) is 5.65 Å². The molecule has 0 N–H and O–H groups in total. The number of hydrogen-bond donors (Lipinski definition) is 0. The predicted octanol–water partition coefficient (Wildman–Crippen LogP) is 2.48. The molecule has 2 aliphatic rings. The monoisotopic (exact) mass is 368 g/mol. The third-order valence-electron chi connectivity index (χ3n) is 5.30. The van der Waals surface area contributed by atoms with E-state index < -0.39 is 0 Å². The molecule has 0 unspecified atom stereocenters. The van der Waals surface area contributed by atoms with E-state index in [1.165, 1.54) is 25.0 Å². The van der Waals surface area contributed by atoms with E-state index >= 15 is 0 Å². The standard InChI is InChI=1S/C19H21FN6O/c1-27-16-12-14(20)4-5-15(16)24-8-10-25(11-9-24)18-7-6-17-21-22-19(13-2-3-13)26(17)23-18/h4-7,12-13H,2-3,8-11H2,1H3. The van der Waals surface area contributed by atoms with Crippen molar-refractivity contribution in [1.29, 1.82) is 0 Å². The van der Waals surface area contributed by atoms with Crippen LogP contribution in [0.4, 0.5) is 15.9 Å². The smallest absolute Gasteiger partial charge is 0.178 e. The number of piperazine rings is 1. The molecule has 2 aromatic heterocycles. The number of ether oxygens (including phenoxy) is 1. The highest BCUT2D eigenvalue weighted by atomic mass is 19.1. The molecule has 27 heavy (non-hydrogen) atoms. The number of nitrogens with zero attached hydrogens (tertiary/aromatic N) is 6. The Balaban J connectivity index is 1.34. The fraction of sp³-hybridized carbons (Fsp3) is 0.421. The second-order valence-electron chi connectivity index (χ2n) is 7.08. The number of aromatic nitrogens is 4. The molecular formula is C19H21FN6O. The van der Waals surface area contributed by atoms with Gasteiger partial charge in [-0.15, -0.1) is 15.3 Å². The first-order valence-electron chi connectivity index (χ1n) is 9.29. The Bertz CT molecular complexity index is 977. The van der Waals surface area contributed by atoms with Gasteiger partial charge in [0.2, 0.25) is 0 Å². The van der Waals surface area contributed by atoms with Gasteiger partial charge in [0.1, 0.15) is 17.4 Å². The minimum atomic E-state index is -0.285. The van der Waals surface area contributed by atoms with Crippen molar-refractivity contribution in [1.82, 2.24) is 19.8 Å². The molecule has 0 radical (unpaired) electrons. The van der Waals surface area contributed by atoms with Crippen molar-refractivity contribution < 1.29 is 9.13 Å². The number of rotatable bonds is 4. The van der Waals surface area contributed by atoms with Crippen molar-refractivity contribution in [3.63, 3.8) is 0 Å². The first-order chi connectivity index (χ1) is 13.2. The minimum Gasteiger partial charge on any atom is -0.494 e. The SMILES string of the molecule is COc1cc(F)ccc1N1CCN(c2ccc3nnc(C4CC4)n3n2)CC1. The van der Waals surface area contributed by atoms with Crippen molar-refractivity contribution in [2.45, 2.75) is 18.8 Å². The molecule has 2 fully saturated rings. The first-order valence-corrected chi connectivity index (χ1v) is 9.29.